The maximum Gasteiger partial charge on any atom is 0.225 e. The lowest BCUT2D eigenvalue weighted by molar-refractivity contribution is -0.00461. The highest BCUT2D eigenvalue weighted by atomic mass is 16.6. The first-order valence-electron chi connectivity index (χ1n) is 8.61. The van der Waals surface area contributed by atoms with E-state index in [1.165, 1.54) is 5.56 Å². The molecule has 2 fully saturated rings. The van der Waals surface area contributed by atoms with E-state index in [0.29, 0.717) is 13.2 Å². The van der Waals surface area contributed by atoms with Gasteiger partial charge in [-0.2, -0.15) is 5.10 Å². The average molecular weight is 329 g/mol. The van der Waals surface area contributed by atoms with E-state index in [0.717, 1.165) is 31.9 Å². The lowest BCUT2D eigenvalue weighted by atomic mass is 10.2. The summed E-state index contributed by atoms with van der Waals surface area (Å²) in [6, 6.07) is 2.07. The van der Waals surface area contributed by atoms with Gasteiger partial charge in [0.05, 0.1) is 19.3 Å². The van der Waals surface area contributed by atoms with Gasteiger partial charge in [-0.1, -0.05) is 13.3 Å². The SMILES string of the molecule is CCCc1cnc(N2C[C@@H]3OCC(n4cccn4)CO[C@H]3C2)nc1. The first kappa shape index (κ1) is 15.5. The van der Waals surface area contributed by atoms with Crippen molar-refractivity contribution in [1.29, 1.82) is 0 Å². The Kier molecular flexibility index (Phi) is 4.44. The van der Waals surface area contributed by atoms with Crippen LogP contribution in [0.15, 0.2) is 30.9 Å². The van der Waals surface area contributed by atoms with Crippen LogP contribution in [0, 0.1) is 0 Å². The van der Waals surface area contributed by atoms with Crippen LogP contribution >= 0.6 is 0 Å². The second-order valence-electron chi connectivity index (χ2n) is 6.43. The summed E-state index contributed by atoms with van der Waals surface area (Å²) in [5.74, 6) is 0.763. The number of aryl methyl sites for hydroxylation is 1. The predicted molar refractivity (Wildman–Crippen MR) is 89.0 cm³/mol. The maximum atomic E-state index is 6.09. The third kappa shape index (κ3) is 3.14. The number of rotatable bonds is 4. The van der Waals surface area contributed by atoms with Gasteiger partial charge < -0.3 is 14.4 Å². The zero-order chi connectivity index (χ0) is 16.4. The van der Waals surface area contributed by atoms with Crippen LogP contribution in [0.1, 0.15) is 24.9 Å². The summed E-state index contributed by atoms with van der Waals surface area (Å²) in [6.45, 7) is 4.93. The van der Waals surface area contributed by atoms with Crippen LogP contribution in [0.2, 0.25) is 0 Å². The lowest BCUT2D eigenvalue weighted by Gasteiger charge is -2.18. The molecule has 0 amide bonds. The number of fused-ring (bicyclic) bond motifs is 1. The zero-order valence-corrected chi connectivity index (χ0v) is 13.9. The summed E-state index contributed by atoms with van der Waals surface area (Å²) in [5.41, 5.74) is 1.18. The summed E-state index contributed by atoms with van der Waals surface area (Å²) in [7, 11) is 0. The standard InChI is InChI=1S/C17H23N5O2/c1-2-4-13-7-18-17(19-8-13)21-9-15-16(10-21)24-12-14(11-23-15)22-6-3-5-20-22/h3,5-8,14-16H,2,4,9-12H2,1H3/t15-,16-/m0/s1. The first-order chi connectivity index (χ1) is 11.8. The summed E-state index contributed by atoms with van der Waals surface area (Å²) in [6.07, 6.45) is 9.84. The van der Waals surface area contributed by atoms with E-state index >= 15 is 0 Å². The van der Waals surface area contributed by atoms with Crippen molar-refractivity contribution in [2.24, 2.45) is 0 Å². The third-order valence-electron chi connectivity index (χ3n) is 4.63. The highest BCUT2D eigenvalue weighted by molar-refractivity contribution is 5.33. The smallest absolute Gasteiger partial charge is 0.225 e. The summed E-state index contributed by atoms with van der Waals surface area (Å²) in [4.78, 5) is 11.2. The molecule has 2 saturated heterocycles. The van der Waals surface area contributed by atoms with Crippen molar-refractivity contribution in [1.82, 2.24) is 19.7 Å². The van der Waals surface area contributed by atoms with Gasteiger partial charge in [0.15, 0.2) is 0 Å². The Morgan fingerprint density at radius 2 is 1.83 bits per heavy atom. The molecule has 2 aliphatic rings. The van der Waals surface area contributed by atoms with Crippen molar-refractivity contribution in [3.8, 4) is 0 Å². The molecule has 0 spiro atoms. The largest absolute Gasteiger partial charge is 0.371 e. The fourth-order valence-electron chi connectivity index (χ4n) is 3.32. The number of hydrogen-bond donors (Lipinski definition) is 0. The number of ether oxygens (including phenoxy) is 2. The summed E-state index contributed by atoms with van der Waals surface area (Å²) >= 11 is 0. The highest BCUT2D eigenvalue weighted by Crippen LogP contribution is 2.25. The maximum absolute atomic E-state index is 6.09. The topological polar surface area (TPSA) is 65.3 Å². The van der Waals surface area contributed by atoms with E-state index in [2.05, 4.69) is 26.9 Å². The van der Waals surface area contributed by atoms with Crippen LogP contribution in [0.3, 0.4) is 0 Å². The van der Waals surface area contributed by atoms with Crippen molar-refractivity contribution in [2.75, 3.05) is 31.2 Å². The van der Waals surface area contributed by atoms with E-state index in [1.807, 2.05) is 29.3 Å². The Hall–Kier alpha value is -1.99. The molecule has 2 aromatic heterocycles. The van der Waals surface area contributed by atoms with Gasteiger partial charge in [0.1, 0.15) is 12.2 Å². The van der Waals surface area contributed by atoms with Gasteiger partial charge in [-0.05, 0) is 18.1 Å². The minimum atomic E-state index is 0.0597. The van der Waals surface area contributed by atoms with Gasteiger partial charge in [-0.15, -0.1) is 0 Å². The highest BCUT2D eigenvalue weighted by Gasteiger charge is 2.38. The predicted octanol–water partition coefficient (Wildman–Crippen LogP) is 1.47. The lowest BCUT2D eigenvalue weighted by Crippen LogP contribution is -2.27. The second kappa shape index (κ2) is 6.86. The molecule has 7 heteroatoms. The Labute approximate surface area is 141 Å². The van der Waals surface area contributed by atoms with Crippen molar-refractivity contribution < 1.29 is 9.47 Å². The van der Waals surface area contributed by atoms with Crippen LogP contribution in [-0.4, -0.2) is 58.3 Å². The van der Waals surface area contributed by atoms with Crippen molar-refractivity contribution >= 4 is 5.95 Å². The van der Waals surface area contributed by atoms with Gasteiger partial charge in [0, 0.05) is 37.9 Å². The minimum Gasteiger partial charge on any atom is -0.371 e. The van der Waals surface area contributed by atoms with Crippen LogP contribution in [-0.2, 0) is 15.9 Å². The van der Waals surface area contributed by atoms with Gasteiger partial charge in [0.2, 0.25) is 5.95 Å². The molecule has 2 atom stereocenters. The number of nitrogens with zero attached hydrogens (tertiary/aromatic N) is 5. The van der Waals surface area contributed by atoms with Crippen LogP contribution < -0.4 is 4.90 Å². The molecule has 0 aliphatic carbocycles. The molecule has 2 aliphatic heterocycles. The van der Waals surface area contributed by atoms with Gasteiger partial charge >= 0.3 is 0 Å². The van der Waals surface area contributed by atoms with E-state index in [4.69, 9.17) is 9.47 Å². The van der Waals surface area contributed by atoms with E-state index in [9.17, 15) is 0 Å². The number of anilines is 1. The second-order valence-corrected chi connectivity index (χ2v) is 6.43. The molecular formula is C17H23N5O2. The number of hydrogen-bond acceptors (Lipinski definition) is 6. The quantitative estimate of drug-likeness (QED) is 0.846. The Balaban J connectivity index is 1.39. The van der Waals surface area contributed by atoms with Crippen molar-refractivity contribution in [2.45, 2.75) is 38.0 Å². The van der Waals surface area contributed by atoms with Crippen LogP contribution in [0.5, 0.6) is 0 Å². The first-order valence-corrected chi connectivity index (χ1v) is 8.61. The van der Waals surface area contributed by atoms with Crippen molar-refractivity contribution in [3.05, 3.63) is 36.4 Å². The third-order valence-corrected chi connectivity index (χ3v) is 4.63. The normalized spacial score (nSPS) is 24.8. The Morgan fingerprint density at radius 3 is 2.42 bits per heavy atom. The molecule has 0 unspecified atom stereocenters. The van der Waals surface area contributed by atoms with Gasteiger partial charge in [0.25, 0.3) is 0 Å². The molecule has 4 heterocycles. The van der Waals surface area contributed by atoms with Gasteiger partial charge in [-0.3, -0.25) is 4.68 Å². The molecule has 7 nitrogen and oxygen atoms in total. The average Bonchev–Trinajstić information content (AvgIpc) is 3.23. The molecule has 0 bridgehead atoms. The molecule has 4 rings (SSSR count). The Morgan fingerprint density at radius 1 is 1.12 bits per heavy atom. The Bertz CT molecular complexity index is 630. The van der Waals surface area contributed by atoms with E-state index in [-0.39, 0.29) is 18.2 Å². The molecule has 128 valence electrons. The van der Waals surface area contributed by atoms with Crippen LogP contribution in [0.4, 0.5) is 5.95 Å². The molecule has 2 aromatic rings. The molecule has 0 aromatic carbocycles. The van der Waals surface area contributed by atoms with E-state index in [1.54, 1.807) is 6.20 Å². The fraction of sp³-hybridized carbons (Fsp3) is 0.588. The zero-order valence-electron chi connectivity index (χ0n) is 13.9. The molecular weight excluding hydrogens is 306 g/mol. The van der Waals surface area contributed by atoms with Gasteiger partial charge in [-0.25, -0.2) is 9.97 Å². The van der Waals surface area contributed by atoms with Crippen molar-refractivity contribution in [3.63, 3.8) is 0 Å². The summed E-state index contributed by atoms with van der Waals surface area (Å²) in [5, 5.41) is 4.29. The van der Waals surface area contributed by atoms with Crippen LogP contribution in [0.25, 0.3) is 0 Å². The fourth-order valence-corrected chi connectivity index (χ4v) is 3.32. The monoisotopic (exact) mass is 329 g/mol. The number of aromatic nitrogens is 4. The minimum absolute atomic E-state index is 0.0597. The molecule has 0 N–H and O–H groups in total. The summed E-state index contributed by atoms with van der Waals surface area (Å²) < 4.78 is 14.1. The molecule has 0 saturated carbocycles. The molecule has 0 radical (unpaired) electrons. The van der Waals surface area contributed by atoms with E-state index < -0.39 is 0 Å². The molecule has 24 heavy (non-hydrogen) atoms.